The van der Waals surface area contributed by atoms with Crippen molar-refractivity contribution in [2.24, 2.45) is 7.05 Å². The number of aromatic nitrogens is 2. The standard InChI is InChI=1S/C18H17ClN4O2S/c1-23-9-8-20-17(23)16(12-4-6-13(19)7-5-12)22-15(24)11-21-18(25)14-3-2-10-26-14/h2-10,16H,11H2,1H3,(H,21,25)(H,22,24)/t16-/m1/s1. The van der Waals surface area contributed by atoms with E-state index in [4.69, 9.17) is 11.6 Å². The zero-order valence-electron chi connectivity index (χ0n) is 14.0. The van der Waals surface area contributed by atoms with Crippen molar-refractivity contribution in [3.8, 4) is 0 Å². The van der Waals surface area contributed by atoms with Crippen molar-refractivity contribution in [2.45, 2.75) is 6.04 Å². The molecule has 3 aromatic rings. The van der Waals surface area contributed by atoms with Crippen molar-refractivity contribution in [2.75, 3.05) is 6.54 Å². The lowest BCUT2D eigenvalue weighted by molar-refractivity contribution is -0.120. The summed E-state index contributed by atoms with van der Waals surface area (Å²) in [6.07, 6.45) is 3.48. The molecule has 8 heteroatoms. The molecule has 0 aliphatic carbocycles. The Balaban J connectivity index is 1.71. The summed E-state index contributed by atoms with van der Waals surface area (Å²) in [4.78, 5) is 29.3. The van der Waals surface area contributed by atoms with E-state index in [1.807, 2.05) is 35.3 Å². The van der Waals surface area contributed by atoms with Gasteiger partial charge in [-0.05, 0) is 29.1 Å². The van der Waals surface area contributed by atoms with Crippen LogP contribution >= 0.6 is 22.9 Å². The molecule has 1 atom stereocenters. The van der Waals surface area contributed by atoms with Gasteiger partial charge in [0.05, 0.1) is 11.4 Å². The summed E-state index contributed by atoms with van der Waals surface area (Å²) in [5.74, 6) is 0.110. The smallest absolute Gasteiger partial charge is 0.261 e. The molecule has 0 aliphatic heterocycles. The van der Waals surface area contributed by atoms with E-state index in [1.54, 1.807) is 30.5 Å². The van der Waals surface area contributed by atoms with Crippen LogP contribution in [0.3, 0.4) is 0 Å². The highest BCUT2D eigenvalue weighted by Gasteiger charge is 2.21. The third kappa shape index (κ3) is 4.30. The Morgan fingerprint density at radius 2 is 2.04 bits per heavy atom. The van der Waals surface area contributed by atoms with Crippen LogP contribution in [0.25, 0.3) is 0 Å². The fraction of sp³-hybridized carbons (Fsp3) is 0.167. The van der Waals surface area contributed by atoms with Crippen molar-refractivity contribution < 1.29 is 9.59 Å². The molecule has 0 unspecified atom stereocenters. The Labute approximate surface area is 159 Å². The normalized spacial score (nSPS) is 11.8. The number of carbonyl (C=O) groups excluding carboxylic acids is 2. The van der Waals surface area contributed by atoms with Gasteiger partial charge in [-0.1, -0.05) is 29.8 Å². The molecule has 3 rings (SSSR count). The van der Waals surface area contributed by atoms with E-state index in [-0.39, 0.29) is 18.4 Å². The predicted molar refractivity (Wildman–Crippen MR) is 101 cm³/mol. The minimum absolute atomic E-state index is 0.120. The van der Waals surface area contributed by atoms with Crippen LogP contribution in [0, 0.1) is 0 Å². The van der Waals surface area contributed by atoms with Crippen molar-refractivity contribution in [3.63, 3.8) is 0 Å². The molecule has 0 fully saturated rings. The lowest BCUT2D eigenvalue weighted by Gasteiger charge is -2.19. The molecule has 2 aromatic heterocycles. The molecule has 1 aromatic carbocycles. The second-order valence-electron chi connectivity index (χ2n) is 5.61. The summed E-state index contributed by atoms with van der Waals surface area (Å²) in [5.41, 5.74) is 0.849. The number of hydrogen-bond acceptors (Lipinski definition) is 4. The van der Waals surface area contributed by atoms with Crippen LogP contribution in [-0.2, 0) is 11.8 Å². The van der Waals surface area contributed by atoms with Crippen molar-refractivity contribution >= 4 is 34.8 Å². The van der Waals surface area contributed by atoms with Gasteiger partial charge in [0.15, 0.2) is 0 Å². The van der Waals surface area contributed by atoms with Crippen LogP contribution in [0.15, 0.2) is 54.2 Å². The first-order valence-electron chi connectivity index (χ1n) is 7.88. The number of imidazole rings is 1. The topological polar surface area (TPSA) is 76.0 Å². The van der Waals surface area contributed by atoms with Crippen molar-refractivity contribution in [3.05, 3.63) is 75.5 Å². The number of thiophene rings is 1. The van der Waals surface area contributed by atoms with Crippen molar-refractivity contribution in [1.82, 2.24) is 20.2 Å². The number of carbonyl (C=O) groups is 2. The second-order valence-corrected chi connectivity index (χ2v) is 6.99. The van der Waals surface area contributed by atoms with Gasteiger partial charge in [-0.25, -0.2) is 4.98 Å². The highest BCUT2D eigenvalue weighted by atomic mass is 35.5. The fourth-order valence-electron chi connectivity index (χ4n) is 2.47. The van der Waals surface area contributed by atoms with Gasteiger partial charge in [0.2, 0.25) is 5.91 Å². The number of amides is 2. The number of benzene rings is 1. The Kier molecular flexibility index (Phi) is 5.70. The van der Waals surface area contributed by atoms with Gasteiger partial charge >= 0.3 is 0 Å². The minimum atomic E-state index is -0.446. The lowest BCUT2D eigenvalue weighted by atomic mass is 10.1. The third-order valence-corrected chi connectivity index (χ3v) is 4.90. The summed E-state index contributed by atoms with van der Waals surface area (Å²) in [7, 11) is 1.86. The van der Waals surface area contributed by atoms with Crippen LogP contribution < -0.4 is 10.6 Å². The van der Waals surface area contributed by atoms with E-state index in [9.17, 15) is 9.59 Å². The Morgan fingerprint density at radius 1 is 1.27 bits per heavy atom. The van der Waals surface area contributed by atoms with E-state index in [2.05, 4.69) is 15.6 Å². The maximum Gasteiger partial charge on any atom is 0.261 e. The number of nitrogens with zero attached hydrogens (tertiary/aromatic N) is 2. The van der Waals surface area contributed by atoms with Gasteiger partial charge in [0, 0.05) is 24.5 Å². The molecule has 2 heterocycles. The number of nitrogens with one attached hydrogen (secondary N) is 2. The van der Waals surface area contributed by atoms with Crippen LogP contribution in [0.4, 0.5) is 0 Å². The first kappa shape index (κ1) is 18.2. The highest BCUT2D eigenvalue weighted by Crippen LogP contribution is 2.22. The van der Waals surface area contributed by atoms with Gasteiger partial charge < -0.3 is 15.2 Å². The van der Waals surface area contributed by atoms with Gasteiger partial charge in [0.1, 0.15) is 11.9 Å². The molecule has 0 saturated carbocycles. The first-order chi connectivity index (χ1) is 12.5. The Bertz CT molecular complexity index is 890. The van der Waals surface area contributed by atoms with E-state index in [1.165, 1.54) is 11.3 Å². The first-order valence-corrected chi connectivity index (χ1v) is 9.14. The molecule has 6 nitrogen and oxygen atoms in total. The number of rotatable bonds is 6. The molecular weight excluding hydrogens is 372 g/mol. The Hall–Kier alpha value is -2.64. The second kappa shape index (κ2) is 8.16. The monoisotopic (exact) mass is 388 g/mol. The van der Waals surface area contributed by atoms with Gasteiger partial charge in [-0.2, -0.15) is 0 Å². The summed E-state index contributed by atoms with van der Waals surface area (Å²) in [6.45, 7) is -0.120. The van der Waals surface area contributed by atoms with E-state index in [0.29, 0.717) is 15.7 Å². The molecule has 2 amide bonds. The molecule has 134 valence electrons. The Morgan fingerprint density at radius 3 is 2.65 bits per heavy atom. The lowest BCUT2D eigenvalue weighted by Crippen LogP contribution is -2.39. The van der Waals surface area contributed by atoms with Crippen LogP contribution in [0.2, 0.25) is 5.02 Å². The third-order valence-electron chi connectivity index (χ3n) is 3.78. The minimum Gasteiger partial charge on any atom is -0.342 e. The molecule has 26 heavy (non-hydrogen) atoms. The highest BCUT2D eigenvalue weighted by molar-refractivity contribution is 7.12. The molecule has 0 bridgehead atoms. The fourth-order valence-corrected chi connectivity index (χ4v) is 3.24. The zero-order chi connectivity index (χ0) is 18.5. The van der Waals surface area contributed by atoms with E-state index >= 15 is 0 Å². The van der Waals surface area contributed by atoms with Crippen LogP contribution in [-0.4, -0.2) is 27.9 Å². The number of aryl methyl sites for hydroxylation is 1. The van der Waals surface area contributed by atoms with Gasteiger partial charge in [-0.3, -0.25) is 9.59 Å². The quantitative estimate of drug-likeness (QED) is 0.681. The largest absolute Gasteiger partial charge is 0.342 e. The van der Waals surface area contributed by atoms with Gasteiger partial charge in [-0.15, -0.1) is 11.3 Å². The number of hydrogen-bond donors (Lipinski definition) is 2. The van der Waals surface area contributed by atoms with Crippen LogP contribution in [0.5, 0.6) is 0 Å². The molecule has 0 aliphatic rings. The molecule has 2 N–H and O–H groups in total. The number of halogens is 1. The van der Waals surface area contributed by atoms with E-state index < -0.39 is 6.04 Å². The summed E-state index contributed by atoms with van der Waals surface area (Å²) >= 11 is 7.28. The zero-order valence-corrected chi connectivity index (χ0v) is 15.6. The summed E-state index contributed by atoms with van der Waals surface area (Å²) < 4.78 is 1.84. The molecule has 0 spiro atoms. The van der Waals surface area contributed by atoms with Crippen molar-refractivity contribution in [1.29, 1.82) is 0 Å². The molecule has 0 radical (unpaired) electrons. The SMILES string of the molecule is Cn1ccnc1[C@H](NC(=O)CNC(=O)c1cccs1)c1ccc(Cl)cc1. The summed E-state index contributed by atoms with van der Waals surface area (Å²) in [6, 6.07) is 10.3. The average Bonchev–Trinajstić information content (AvgIpc) is 3.30. The molecule has 0 saturated heterocycles. The maximum atomic E-state index is 12.4. The molecular formula is C18H17ClN4O2S. The van der Waals surface area contributed by atoms with Crippen LogP contribution in [0.1, 0.15) is 27.1 Å². The van der Waals surface area contributed by atoms with E-state index in [0.717, 1.165) is 5.56 Å². The predicted octanol–water partition coefficient (Wildman–Crippen LogP) is 2.77. The maximum absolute atomic E-state index is 12.4. The van der Waals surface area contributed by atoms with Gasteiger partial charge in [0.25, 0.3) is 5.91 Å². The average molecular weight is 389 g/mol. The summed E-state index contributed by atoms with van der Waals surface area (Å²) in [5, 5.41) is 7.97.